The van der Waals surface area contributed by atoms with Crippen LogP contribution in [0.4, 0.5) is 11.4 Å². The monoisotopic (exact) mass is 352 g/mol. The number of anilines is 1. The van der Waals surface area contributed by atoms with Gasteiger partial charge in [-0.25, -0.2) is 4.79 Å². The standard InChI is InChI=1S/C17H12N4O5/c22-16(20-13-3-1-2-4-15(13)21(24)25)10-26-17(23)11-5-6-12-14(9-11)19-8-7-18-12/h1-9H,10H2,(H,20,22). The second-order valence-electron chi connectivity index (χ2n) is 5.16. The first-order valence-electron chi connectivity index (χ1n) is 7.46. The van der Waals surface area contributed by atoms with Crippen LogP contribution in [-0.4, -0.2) is 33.4 Å². The molecule has 3 aromatic rings. The van der Waals surface area contributed by atoms with Gasteiger partial charge in [0.1, 0.15) is 5.69 Å². The van der Waals surface area contributed by atoms with Gasteiger partial charge < -0.3 is 10.1 Å². The number of nitrogens with zero attached hydrogens (tertiary/aromatic N) is 3. The zero-order valence-electron chi connectivity index (χ0n) is 13.3. The van der Waals surface area contributed by atoms with Crippen LogP contribution in [0.3, 0.4) is 0 Å². The van der Waals surface area contributed by atoms with Crippen molar-refractivity contribution in [1.82, 2.24) is 9.97 Å². The highest BCUT2D eigenvalue weighted by Crippen LogP contribution is 2.23. The third-order valence-electron chi connectivity index (χ3n) is 3.41. The van der Waals surface area contributed by atoms with Gasteiger partial charge in [0.2, 0.25) is 0 Å². The van der Waals surface area contributed by atoms with E-state index in [9.17, 15) is 19.7 Å². The van der Waals surface area contributed by atoms with Crippen LogP contribution in [0, 0.1) is 10.1 Å². The van der Waals surface area contributed by atoms with E-state index in [0.29, 0.717) is 11.0 Å². The highest BCUT2D eigenvalue weighted by Gasteiger charge is 2.16. The lowest BCUT2D eigenvalue weighted by Crippen LogP contribution is -2.21. The number of benzene rings is 2. The Labute approximate surface area is 146 Å². The number of carbonyl (C=O) groups is 2. The van der Waals surface area contributed by atoms with Gasteiger partial charge in [0.15, 0.2) is 6.61 Å². The number of esters is 1. The Bertz CT molecular complexity index is 1010. The average molecular weight is 352 g/mol. The fourth-order valence-corrected chi connectivity index (χ4v) is 2.23. The zero-order chi connectivity index (χ0) is 18.5. The van der Waals surface area contributed by atoms with E-state index in [1.54, 1.807) is 12.1 Å². The second kappa shape index (κ2) is 7.34. The number of nitrogens with one attached hydrogen (secondary N) is 1. The molecule has 0 spiro atoms. The SMILES string of the molecule is O=C(COC(=O)c1ccc2nccnc2c1)Nc1ccccc1[N+](=O)[O-]. The minimum absolute atomic E-state index is 0.0273. The van der Waals surface area contributed by atoms with Crippen molar-refractivity contribution in [1.29, 1.82) is 0 Å². The highest BCUT2D eigenvalue weighted by molar-refractivity contribution is 5.97. The molecule has 1 heterocycles. The Morgan fingerprint density at radius 2 is 1.81 bits per heavy atom. The van der Waals surface area contributed by atoms with E-state index in [0.717, 1.165) is 0 Å². The van der Waals surface area contributed by atoms with Gasteiger partial charge in [-0.15, -0.1) is 0 Å². The summed E-state index contributed by atoms with van der Waals surface area (Å²) in [6.07, 6.45) is 3.03. The summed E-state index contributed by atoms with van der Waals surface area (Å²) in [6, 6.07) is 10.3. The topological polar surface area (TPSA) is 124 Å². The molecule has 0 saturated carbocycles. The van der Waals surface area contributed by atoms with Crippen molar-refractivity contribution in [2.75, 3.05) is 11.9 Å². The number of ether oxygens (including phenoxy) is 1. The van der Waals surface area contributed by atoms with Crippen LogP contribution in [0.5, 0.6) is 0 Å². The molecule has 0 radical (unpaired) electrons. The highest BCUT2D eigenvalue weighted by atomic mass is 16.6. The van der Waals surface area contributed by atoms with Gasteiger partial charge in [0.05, 0.1) is 21.5 Å². The summed E-state index contributed by atoms with van der Waals surface area (Å²) >= 11 is 0. The predicted octanol–water partition coefficient (Wildman–Crippen LogP) is 2.33. The molecule has 3 rings (SSSR count). The maximum absolute atomic E-state index is 12.1. The van der Waals surface area contributed by atoms with Gasteiger partial charge in [0, 0.05) is 18.5 Å². The van der Waals surface area contributed by atoms with Gasteiger partial charge in [-0.2, -0.15) is 0 Å². The first-order valence-corrected chi connectivity index (χ1v) is 7.46. The van der Waals surface area contributed by atoms with Crippen molar-refractivity contribution in [3.8, 4) is 0 Å². The van der Waals surface area contributed by atoms with Crippen LogP contribution in [0.15, 0.2) is 54.9 Å². The first kappa shape index (κ1) is 17.0. The Balaban J connectivity index is 1.63. The molecule has 0 aliphatic carbocycles. The summed E-state index contributed by atoms with van der Waals surface area (Å²) in [7, 11) is 0. The Hall–Kier alpha value is -3.88. The summed E-state index contributed by atoms with van der Waals surface area (Å²) in [4.78, 5) is 42.4. The molecular formula is C17H12N4O5. The predicted molar refractivity (Wildman–Crippen MR) is 91.5 cm³/mol. The van der Waals surface area contributed by atoms with Gasteiger partial charge in [-0.3, -0.25) is 24.9 Å². The van der Waals surface area contributed by atoms with Crippen LogP contribution in [0.25, 0.3) is 11.0 Å². The van der Waals surface area contributed by atoms with E-state index in [1.165, 1.54) is 42.7 Å². The largest absolute Gasteiger partial charge is 0.452 e. The van der Waals surface area contributed by atoms with Gasteiger partial charge in [-0.05, 0) is 24.3 Å². The van der Waals surface area contributed by atoms with E-state index in [-0.39, 0.29) is 16.9 Å². The molecule has 26 heavy (non-hydrogen) atoms. The third-order valence-corrected chi connectivity index (χ3v) is 3.41. The molecule has 2 aromatic carbocycles. The minimum atomic E-state index is -0.713. The number of rotatable bonds is 5. The Morgan fingerprint density at radius 1 is 1.08 bits per heavy atom. The first-order chi connectivity index (χ1) is 12.5. The van der Waals surface area contributed by atoms with E-state index in [2.05, 4.69) is 15.3 Å². The summed E-state index contributed by atoms with van der Waals surface area (Å²) in [5, 5.41) is 13.3. The Kier molecular flexibility index (Phi) is 4.79. The zero-order valence-corrected chi connectivity index (χ0v) is 13.3. The van der Waals surface area contributed by atoms with Crippen LogP contribution in [0.1, 0.15) is 10.4 Å². The molecule has 0 aliphatic rings. The van der Waals surface area contributed by atoms with Crippen molar-refractivity contribution in [2.45, 2.75) is 0 Å². The van der Waals surface area contributed by atoms with E-state index in [4.69, 9.17) is 4.74 Å². The molecule has 1 amide bonds. The molecule has 0 bridgehead atoms. The number of para-hydroxylation sites is 2. The molecule has 0 saturated heterocycles. The van der Waals surface area contributed by atoms with Crippen LogP contribution in [-0.2, 0) is 9.53 Å². The number of carbonyl (C=O) groups excluding carboxylic acids is 2. The number of amides is 1. The van der Waals surface area contributed by atoms with Gasteiger partial charge in [-0.1, -0.05) is 12.1 Å². The quantitative estimate of drug-likeness (QED) is 0.424. The van der Waals surface area contributed by atoms with Crippen molar-refractivity contribution in [3.05, 3.63) is 70.5 Å². The summed E-state index contributed by atoms with van der Waals surface area (Å²) < 4.78 is 4.94. The summed E-state index contributed by atoms with van der Waals surface area (Å²) in [5.74, 6) is -1.40. The molecule has 1 N–H and O–H groups in total. The fourth-order valence-electron chi connectivity index (χ4n) is 2.23. The molecule has 0 atom stereocenters. The van der Waals surface area contributed by atoms with E-state index < -0.39 is 23.4 Å². The molecule has 0 aliphatic heterocycles. The second-order valence-corrected chi connectivity index (χ2v) is 5.16. The van der Waals surface area contributed by atoms with Crippen LogP contribution >= 0.6 is 0 Å². The third kappa shape index (κ3) is 3.78. The molecule has 0 fully saturated rings. The van der Waals surface area contributed by atoms with Crippen molar-refractivity contribution in [2.24, 2.45) is 0 Å². The van der Waals surface area contributed by atoms with Crippen LogP contribution < -0.4 is 5.32 Å². The number of hydrogen-bond donors (Lipinski definition) is 1. The molecule has 130 valence electrons. The number of nitro groups is 1. The van der Waals surface area contributed by atoms with Crippen molar-refractivity contribution in [3.63, 3.8) is 0 Å². The van der Waals surface area contributed by atoms with Crippen molar-refractivity contribution >= 4 is 34.3 Å². The molecule has 1 aromatic heterocycles. The number of fused-ring (bicyclic) bond motifs is 1. The number of nitro benzene ring substituents is 1. The maximum Gasteiger partial charge on any atom is 0.338 e. The summed E-state index contributed by atoms with van der Waals surface area (Å²) in [6.45, 7) is -0.580. The number of aromatic nitrogens is 2. The van der Waals surface area contributed by atoms with Gasteiger partial charge in [0.25, 0.3) is 11.6 Å². The summed E-state index contributed by atoms with van der Waals surface area (Å²) in [5.41, 5.74) is 1.14. The minimum Gasteiger partial charge on any atom is -0.452 e. The van der Waals surface area contributed by atoms with E-state index in [1.807, 2.05) is 0 Å². The lowest BCUT2D eigenvalue weighted by molar-refractivity contribution is -0.383. The van der Waals surface area contributed by atoms with Crippen molar-refractivity contribution < 1.29 is 19.2 Å². The molecule has 0 unspecified atom stereocenters. The lowest BCUT2D eigenvalue weighted by Gasteiger charge is -2.07. The number of hydrogen-bond acceptors (Lipinski definition) is 7. The Morgan fingerprint density at radius 3 is 2.58 bits per heavy atom. The molecule has 9 nitrogen and oxygen atoms in total. The average Bonchev–Trinajstić information content (AvgIpc) is 2.66. The van der Waals surface area contributed by atoms with Gasteiger partial charge >= 0.3 is 5.97 Å². The molecular weight excluding hydrogens is 340 g/mol. The smallest absolute Gasteiger partial charge is 0.338 e. The molecule has 9 heteroatoms. The maximum atomic E-state index is 12.1. The fraction of sp³-hybridized carbons (Fsp3) is 0.0588. The van der Waals surface area contributed by atoms with Crippen LogP contribution in [0.2, 0.25) is 0 Å². The normalized spacial score (nSPS) is 10.3. The lowest BCUT2D eigenvalue weighted by atomic mass is 10.2. The van der Waals surface area contributed by atoms with E-state index >= 15 is 0 Å².